The molecule has 1 heterocycles. The van der Waals surface area contributed by atoms with Crippen LogP contribution in [0.1, 0.15) is 29.7 Å². The molecule has 128 valence electrons. The van der Waals surface area contributed by atoms with E-state index in [1.165, 1.54) is 28.2 Å². The van der Waals surface area contributed by atoms with E-state index in [-0.39, 0.29) is 23.1 Å². The molecule has 5 nitrogen and oxygen atoms in total. The summed E-state index contributed by atoms with van der Waals surface area (Å²) in [4.78, 5) is 26.5. The number of hydrogen-bond acceptors (Lipinski definition) is 3. The van der Waals surface area contributed by atoms with Gasteiger partial charge in [-0.3, -0.25) is 9.69 Å². The van der Waals surface area contributed by atoms with Gasteiger partial charge < -0.3 is 10.4 Å². The van der Waals surface area contributed by atoms with E-state index in [9.17, 15) is 14.7 Å². The van der Waals surface area contributed by atoms with Crippen LogP contribution in [-0.4, -0.2) is 28.5 Å². The highest BCUT2D eigenvalue weighted by Crippen LogP contribution is 2.38. The van der Waals surface area contributed by atoms with E-state index in [4.69, 9.17) is 0 Å². The van der Waals surface area contributed by atoms with Gasteiger partial charge in [-0.05, 0) is 47.1 Å². The SMILES string of the molecule is CC1(CN2C(=O)NC(c3ccc(O)cc3)C2=O)Cc2ccccc2C1. The van der Waals surface area contributed by atoms with Crippen LogP contribution in [-0.2, 0) is 17.6 Å². The van der Waals surface area contributed by atoms with Crippen LogP contribution in [0.2, 0.25) is 0 Å². The van der Waals surface area contributed by atoms with Crippen LogP contribution in [0.5, 0.6) is 5.75 Å². The molecule has 4 rings (SSSR count). The van der Waals surface area contributed by atoms with Crippen molar-refractivity contribution in [2.45, 2.75) is 25.8 Å². The lowest BCUT2D eigenvalue weighted by Crippen LogP contribution is -2.40. The molecule has 25 heavy (non-hydrogen) atoms. The van der Waals surface area contributed by atoms with E-state index in [0.717, 1.165) is 12.8 Å². The zero-order valence-electron chi connectivity index (χ0n) is 14.0. The number of benzene rings is 2. The number of carbonyl (C=O) groups excluding carboxylic acids is 2. The highest BCUT2D eigenvalue weighted by molar-refractivity contribution is 6.04. The average molecular weight is 336 g/mol. The van der Waals surface area contributed by atoms with Crippen LogP contribution < -0.4 is 5.32 Å². The molecule has 1 aliphatic carbocycles. The summed E-state index contributed by atoms with van der Waals surface area (Å²) in [6, 6.07) is 13.6. The zero-order valence-corrected chi connectivity index (χ0v) is 14.0. The molecule has 1 unspecified atom stereocenters. The lowest BCUT2D eigenvalue weighted by atomic mass is 9.86. The summed E-state index contributed by atoms with van der Waals surface area (Å²) in [5, 5.41) is 12.2. The van der Waals surface area contributed by atoms with Gasteiger partial charge in [0.25, 0.3) is 5.91 Å². The number of urea groups is 1. The number of imide groups is 1. The molecule has 1 fully saturated rings. The predicted molar refractivity (Wildman–Crippen MR) is 93.0 cm³/mol. The Balaban J connectivity index is 1.53. The van der Waals surface area contributed by atoms with E-state index in [2.05, 4.69) is 24.4 Å². The smallest absolute Gasteiger partial charge is 0.325 e. The Bertz CT molecular complexity index is 819. The third-order valence-electron chi connectivity index (χ3n) is 5.15. The minimum Gasteiger partial charge on any atom is -0.508 e. The van der Waals surface area contributed by atoms with Crippen LogP contribution in [0, 0.1) is 5.41 Å². The molecule has 1 saturated heterocycles. The number of hydrogen-bond donors (Lipinski definition) is 2. The molecule has 0 radical (unpaired) electrons. The Morgan fingerprint density at radius 1 is 1.08 bits per heavy atom. The number of nitrogens with zero attached hydrogens (tertiary/aromatic N) is 1. The maximum Gasteiger partial charge on any atom is 0.325 e. The highest BCUT2D eigenvalue weighted by Gasteiger charge is 2.44. The predicted octanol–water partition coefficient (Wildman–Crippen LogP) is 2.79. The van der Waals surface area contributed by atoms with Crippen LogP contribution >= 0.6 is 0 Å². The van der Waals surface area contributed by atoms with Gasteiger partial charge in [0.05, 0.1) is 0 Å². The van der Waals surface area contributed by atoms with Gasteiger partial charge in [-0.15, -0.1) is 0 Å². The largest absolute Gasteiger partial charge is 0.508 e. The van der Waals surface area contributed by atoms with Gasteiger partial charge >= 0.3 is 6.03 Å². The third kappa shape index (κ3) is 2.76. The van der Waals surface area contributed by atoms with Gasteiger partial charge in [0.2, 0.25) is 0 Å². The van der Waals surface area contributed by atoms with Crippen molar-refractivity contribution in [3.8, 4) is 5.75 Å². The lowest BCUT2D eigenvalue weighted by molar-refractivity contribution is -0.128. The molecule has 0 spiro atoms. The molecule has 0 saturated carbocycles. The number of aromatic hydroxyl groups is 1. The maximum absolute atomic E-state index is 12.8. The van der Waals surface area contributed by atoms with Gasteiger partial charge in [0.1, 0.15) is 11.8 Å². The van der Waals surface area contributed by atoms with Gasteiger partial charge in [-0.25, -0.2) is 4.79 Å². The van der Waals surface area contributed by atoms with Crippen molar-refractivity contribution in [2.24, 2.45) is 5.41 Å². The fraction of sp³-hybridized carbons (Fsp3) is 0.300. The number of amides is 3. The minimum absolute atomic E-state index is 0.133. The zero-order chi connectivity index (χ0) is 17.6. The van der Waals surface area contributed by atoms with Crippen molar-refractivity contribution in [2.75, 3.05) is 6.54 Å². The second-order valence-electron chi connectivity index (χ2n) is 7.33. The summed E-state index contributed by atoms with van der Waals surface area (Å²) in [5.41, 5.74) is 3.14. The van der Waals surface area contributed by atoms with Crippen molar-refractivity contribution in [3.05, 3.63) is 65.2 Å². The first-order valence-electron chi connectivity index (χ1n) is 8.43. The number of phenolic OH excluding ortho intramolecular Hbond substituents is 1. The first-order chi connectivity index (χ1) is 12.0. The van der Waals surface area contributed by atoms with Crippen molar-refractivity contribution in [1.29, 1.82) is 0 Å². The molecule has 3 amide bonds. The Morgan fingerprint density at radius 3 is 2.28 bits per heavy atom. The van der Waals surface area contributed by atoms with Gasteiger partial charge in [0.15, 0.2) is 0 Å². The molecule has 5 heteroatoms. The number of fused-ring (bicyclic) bond motifs is 1. The fourth-order valence-electron chi connectivity index (χ4n) is 3.94. The molecule has 2 N–H and O–H groups in total. The molecule has 1 aliphatic heterocycles. The summed E-state index contributed by atoms with van der Waals surface area (Å²) >= 11 is 0. The van der Waals surface area contributed by atoms with Crippen LogP contribution in [0.3, 0.4) is 0 Å². The molecule has 2 aromatic carbocycles. The number of carbonyl (C=O) groups is 2. The molecule has 1 atom stereocenters. The molecule has 0 bridgehead atoms. The maximum atomic E-state index is 12.8. The normalized spacial score (nSPS) is 21.3. The van der Waals surface area contributed by atoms with Crippen molar-refractivity contribution < 1.29 is 14.7 Å². The van der Waals surface area contributed by atoms with Gasteiger partial charge in [-0.2, -0.15) is 0 Å². The Morgan fingerprint density at radius 2 is 1.68 bits per heavy atom. The highest BCUT2D eigenvalue weighted by atomic mass is 16.3. The van der Waals surface area contributed by atoms with E-state index in [0.29, 0.717) is 12.1 Å². The Labute approximate surface area is 146 Å². The first kappa shape index (κ1) is 15.7. The summed E-state index contributed by atoms with van der Waals surface area (Å²) in [6.45, 7) is 2.53. The lowest BCUT2D eigenvalue weighted by Gasteiger charge is -2.28. The van der Waals surface area contributed by atoms with Crippen molar-refractivity contribution in [1.82, 2.24) is 10.2 Å². The summed E-state index contributed by atoms with van der Waals surface area (Å²) < 4.78 is 0. The average Bonchev–Trinajstić information content (AvgIpc) is 3.06. The summed E-state index contributed by atoms with van der Waals surface area (Å²) in [6.07, 6.45) is 1.73. The quantitative estimate of drug-likeness (QED) is 0.847. The molecule has 2 aromatic rings. The van der Waals surface area contributed by atoms with Crippen molar-refractivity contribution >= 4 is 11.9 Å². The summed E-state index contributed by atoms with van der Waals surface area (Å²) in [5.74, 6) is -0.0959. The summed E-state index contributed by atoms with van der Waals surface area (Å²) in [7, 11) is 0. The monoisotopic (exact) mass is 336 g/mol. The Hall–Kier alpha value is -2.82. The second kappa shape index (κ2) is 5.62. The van der Waals surface area contributed by atoms with Crippen LogP contribution in [0.15, 0.2) is 48.5 Å². The number of rotatable bonds is 3. The molecule has 2 aliphatic rings. The number of phenols is 1. The first-order valence-corrected chi connectivity index (χ1v) is 8.43. The van der Waals surface area contributed by atoms with E-state index < -0.39 is 6.04 Å². The number of nitrogens with one attached hydrogen (secondary N) is 1. The van der Waals surface area contributed by atoms with Gasteiger partial charge in [-0.1, -0.05) is 43.3 Å². The van der Waals surface area contributed by atoms with Crippen LogP contribution in [0.4, 0.5) is 4.79 Å². The van der Waals surface area contributed by atoms with E-state index >= 15 is 0 Å². The van der Waals surface area contributed by atoms with Crippen molar-refractivity contribution in [3.63, 3.8) is 0 Å². The fourth-order valence-corrected chi connectivity index (χ4v) is 3.94. The minimum atomic E-state index is -0.680. The van der Waals surface area contributed by atoms with Crippen LogP contribution in [0.25, 0.3) is 0 Å². The Kier molecular flexibility index (Phi) is 3.53. The third-order valence-corrected chi connectivity index (χ3v) is 5.15. The van der Waals surface area contributed by atoms with Gasteiger partial charge in [0, 0.05) is 6.54 Å². The topological polar surface area (TPSA) is 69.6 Å². The molecular formula is C20H20N2O3. The second-order valence-corrected chi connectivity index (χ2v) is 7.33. The molecule has 0 aromatic heterocycles. The van der Waals surface area contributed by atoms with E-state index in [1.54, 1.807) is 12.1 Å². The standard InChI is InChI=1S/C20H20N2O3/c1-20(10-14-4-2-3-5-15(14)11-20)12-22-18(24)17(21-19(22)25)13-6-8-16(23)9-7-13/h2-9,17,23H,10-12H2,1H3,(H,21,25). The molecular weight excluding hydrogens is 316 g/mol. The van der Waals surface area contributed by atoms with E-state index in [1.807, 2.05) is 12.1 Å².